The molecule has 0 bridgehead atoms. The van der Waals surface area contributed by atoms with E-state index in [1.54, 1.807) is 23.1 Å². The maximum Gasteiger partial charge on any atom is 0.286 e. The highest BCUT2D eigenvalue weighted by molar-refractivity contribution is 6.31. The van der Waals surface area contributed by atoms with Crippen molar-refractivity contribution in [3.05, 3.63) is 29.0 Å². The second kappa shape index (κ2) is 6.06. The topological polar surface area (TPSA) is 103 Å². The Morgan fingerprint density at radius 1 is 1.32 bits per heavy atom. The van der Waals surface area contributed by atoms with E-state index in [4.69, 9.17) is 27.5 Å². The van der Waals surface area contributed by atoms with Crippen LogP contribution >= 0.6 is 24.0 Å². The van der Waals surface area contributed by atoms with Crippen LogP contribution in [0.5, 0.6) is 0 Å². The summed E-state index contributed by atoms with van der Waals surface area (Å²) in [7, 11) is 0. The van der Waals surface area contributed by atoms with E-state index in [2.05, 4.69) is 0 Å². The summed E-state index contributed by atoms with van der Waals surface area (Å²) in [5, 5.41) is 1.17. The average Bonchev–Trinajstić information content (AvgIpc) is 3.00. The minimum Gasteiger partial charge on any atom is -0.449 e. The fraction of sp³-hybridized carbons (Fsp3) is 0.286. The summed E-state index contributed by atoms with van der Waals surface area (Å²) >= 11 is 6.02. The van der Waals surface area contributed by atoms with Crippen molar-refractivity contribution in [3.8, 4) is 0 Å². The summed E-state index contributed by atoms with van der Waals surface area (Å²) in [6.07, 6.45) is 1.44. The molecule has 2 aromatic rings. The van der Waals surface area contributed by atoms with Crippen molar-refractivity contribution in [2.75, 3.05) is 11.4 Å². The standard InChI is InChI=1S/C14H14ClN3O3.ClH/c15-7-3-4-10-8(6-7)11(12(21-10)14(17)20)18-5-1-2-9(18)13(16)19;/h3-4,6,9H,1-2,5H2,(H2,16,19)(H2,17,20);1H/t9-;/m0./s1. The zero-order valence-electron chi connectivity index (χ0n) is 11.5. The molecule has 2 amide bonds. The summed E-state index contributed by atoms with van der Waals surface area (Å²) < 4.78 is 5.53. The number of hydrogen-bond donors (Lipinski definition) is 2. The minimum atomic E-state index is -0.688. The van der Waals surface area contributed by atoms with Gasteiger partial charge in [-0.25, -0.2) is 0 Å². The van der Waals surface area contributed by atoms with Gasteiger partial charge in [0.2, 0.25) is 11.7 Å². The Hall–Kier alpha value is -1.92. The van der Waals surface area contributed by atoms with Crippen LogP contribution in [0.3, 0.4) is 0 Å². The normalized spacial score (nSPS) is 17.5. The van der Waals surface area contributed by atoms with Gasteiger partial charge in [-0.2, -0.15) is 0 Å². The number of hydrogen-bond acceptors (Lipinski definition) is 4. The van der Waals surface area contributed by atoms with E-state index in [-0.39, 0.29) is 18.2 Å². The third kappa shape index (κ3) is 2.60. The first kappa shape index (κ1) is 16.5. The molecule has 1 aliphatic rings. The molecule has 0 saturated carbocycles. The third-order valence-electron chi connectivity index (χ3n) is 3.72. The summed E-state index contributed by atoms with van der Waals surface area (Å²) in [6.45, 7) is 0.606. The second-order valence-electron chi connectivity index (χ2n) is 5.04. The number of nitrogens with zero attached hydrogens (tertiary/aromatic N) is 1. The first-order valence-electron chi connectivity index (χ1n) is 6.57. The van der Waals surface area contributed by atoms with Crippen molar-refractivity contribution in [3.63, 3.8) is 0 Å². The SMILES string of the molecule is Cl.NC(=O)c1oc2ccc(Cl)cc2c1N1CCC[C@H]1C(N)=O. The average molecular weight is 344 g/mol. The zero-order chi connectivity index (χ0) is 15.1. The number of carbonyl (C=O) groups excluding carboxylic acids is 2. The molecule has 0 spiro atoms. The van der Waals surface area contributed by atoms with Gasteiger partial charge in [0, 0.05) is 17.0 Å². The van der Waals surface area contributed by atoms with Crippen LogP contribution in [0, 0.1) is 0 Å². The first-order valence-corrected chi connectivity index (χ1v) is 6.94. The molecular weight excluding hydrogens is 329 g/mol. The van der Waals surface area contributed by atoms with Gasteiger partial charge >= 0.3 is 0 Å². The Balaban J connectivity index is 0.00000176. The van der Waals surface area contributed by atoms with Crippen LogP contribution in [0.1, 0.15) is 23.4 Å². The van der Waals surface area contributed by atoms with Gasteiger partial charge in [-0.1, -0.05) is 11.6 Å². The number of primary amides is 2. The highest BCUT2D eigenvalue weighted by Gasteiger charge is 2.34. The summed E-state index contributed by atoms with van der Waals surface area (Å²) in [4.78, 5) is 25.0. The molecule has 22 heavy (non-hydrogen) atoms. The monoisotopic (exact) mass is 343 g/mol. The Morgan fingerprint density at radius 2 is 2.05 bits per heavy atom. The van der Waals surface area contributed by atoms with Crippen LogP contribution in [0.2, 0.25) is 5.02 Å². The quantitative estimate of drug-likeness (QED) is 0.889. The summed E-state index contributed by atoms with van der Waals surface area (Å²) in [5.41, 5.74) is 11.8. The van der Waals surface area contributed by atoms with Gasteiger partial charge in [-0.15, -0.1) is 12.4 Å². The van der Waals surface area contributed by atoms with Crippen LogP contribution in [0.4, 0.5) is 5.69 Å². The van der Waals surface area contributed by atoms with Crippen molar-refractivity contribution in [2.24, 2.45) is 11.5 Å². The van der Waals surface area contributed by atoms with Crippen LogP contribution in [0.25, 0.3) is 11.0 Å². The lowest BCUT2D eigenvalue weighted by Gasteiger charge is -2.23. The molecule has 1 aromatic heterocycles. The number of carbonyl (C=O) groups is 2. The van der Waals surface area contributed by atoms with Crippen molar-refractivity contribution < 1.29 is 14.0 Å². The Kier molecular flexibility index (Phi) is 4.53. The van der Waals surface area contributed by atoms with Crippen LogP contribution in [0.15, 0.2) is 22.6 Å². The minimum absolute atomic E-state index is 0. The molecule has 0 radical (unpaired) electrons. The maximum absolute atomic E-state index is 11.7. The number of anilines is 1. The van der Waals surface area contributed by atoms with Crippen LogP contribution in [-0.2, 0) is 4.79 Å². The number of furan rings is 1. The summed E-state index contributed by atoms with van der Waals surface area (Å²) in [5.74, 6) is -1.09. The lowest BCUT2D eigenvalue weighted by atomic mass is 10.1. The molecular formula is C14H15Cl2N3O3. The predicted molar refractivity (Wildman–Crippen MR) is 86.6 cm³/mol. The van der Waals surface area contributed by atoms with Gasteiger partial charge in [0.15, 0.2) is 0 Å². The van der Waals surface area contributed by atoms with E-state index in [0.717, 1.165) is 6.42 Å². The molecule has 2 heterocycles. The van der Waals surface area contributed by atoms with Gasteiger partial charge in [-0.05, 0) is 31.0 Å². The third-order valence-corrected chi connectivity index (χ3v) is 3.95. The molecule has 1 aromatic carbocycles. The van der Waals surface area contributed by atoms with E-state index in [9.17, 15) is 9.59 Å². The highest BCUT2D eigenvalue weighted by Crippen LogP contribution is 2.38. The second-order valence-corrected chi connectivity index (χ2v) is 5.47. The molecule has 1 saturated heterocycles. The predicted octanol–water partition coefficient (Wildman–Crippen LogP) is 2.06. The lowest BCUT2D eigenvalue weighted by Crippen LogP contribution is -2.41. The first-order chi connectivity index (χ1) is 9.99. The van der Waals surface area contributed by atoms with Crippen molar-refractivity contribution in [1.29, 1.82) is 0 Å². The molecule has 8 heteroatoms. The number of rotatable bonds is 3. The summed E-state index contributed by atoms with van der Waals surface area (Å²) in [6, 6.07) is 4.56. The van der Waals surface area contributed by atoms with E-state index in [0.29, 0.717) is 34.6 Å². The Bertz CT molecular complexity index is 744. The number of halogens is 2. The van der Waals surface area contributed by atoms with Gasteiger partial charge in [0.05, 0.1) is 5.69 Å². The van der Waals surface area contributed by atoms with Crippen molar-refractivity contribution >= 4 is 52.5 Å². The molecule has 1 aliphatic heterocycles. The zero-order valence-corrected chi connectivity index (χ0v) is 13.1. The molecule has 6 nitrogen and oxygen atoms in total. The number of nitrogens with two attached hydrogens (primary N) is 2. The number of amides is 2. The fourth-order valence-electron chi connectivity index (χ4n) is 2.84. The van der Waals surface area contributed by atoms with Gasteiger partial charge < -0.3 is 20.8 Å². The highest BCUT2D eigenvalue weighted by atomic mass is 35.5. The molecule has 0 aliphatic carbocycles. The fourth-order valence-corrected chi connectivity index (χ4v) is 3.01. The van der Waals surface area contributed by atoms with E-state index in [1.165, 1.54) is 0 Å². The lowest BCUT2D eigenvalue weighted by molar-refractivity contribution is -0.119. The Morgan fingerprint density at radius 3 is 2.68 bits per heavy atom. The maximum atomic E-state index is 11.7. The van der Waals surface area contributed by atoms with E-state index in [1.807, 2.05) is 0 Å². The van der Waals surface area contributed by atoms with Crippen molar-refractivity contribution in [1.82, 2.24) is 0 Å². The number of fused-ring (bicyclic) bond motifs is 1. The molecule has 4 N–H and O–H groups in total. The van der Waals surface area contributed by atoms with E-state index >= 15 is 0 Å². The van der Waals surface area contributed by atoms with Crippen molar-refractivity contribution in [2.45, 2.75) is 18.9 Å². The largest absolute Gasteiger partial charge is 0.449 e. The van der Waals surface area contributed by atoms with Gasteiger partial charge in [0.25, 0.3) is 5.91 Å². The number of benzene rings is 1. The molecule has 118 valence electrons. The Labute approximate surface area is 137 Å². The van der Waals surface area contributed by atoms with Crippen LogP contribution < -0.4 is 16.4 Å². The smallest absolute Gasteiger partial charge is 0.286 e. The van der Waals surface area contributed by atoms with E-state index < -0.39 is 17.9 Å². The van der Waals surface area contributed by atoms with Gasteiger partial charge in [0.1, 0.15) is 11.6 Å². The van der Waals surface area contributed by atoms with Gasteiger partial charge in [-0.3, -0.25) is 9.59 Å². The molecule has 0 unspecified atom stereocenters. The van der Waals surface area contributed by atoms with Crippen LogP contribution in [-0.4, -0.2) is 24.4 Å². The molecule has 3 rings (SSSR count). The molecule has 1 atom stereocenters. The molecule has 1 fully saturated rings.